The van der Waals surface area contributed by atoms with Gasteiger partial charge in [-0.25, -0.2) is 9.59 Å². The Morgan fingerprint density at radius 3 is 2.46 bits per heavy atom. The molecule has 1 saturated carbocycles. The second-order valence-corrected chi connectivity index (χ2v) is 7.41. The number of anilines is 1. The summed E-state index contributed by atoms with van der Waals surface area (Å²) in [6.07, 6.45) is 3.03. The van der Waals surface area contributed by atoms with E-state index in [1.165, 1.54) is 0 Å². The van der Waals surface area contributed by atoms with Gasteiger partial charge in [-0.3, -0.25) is 0 Å². The van der Waals surface area contributed by atoms with Crippen molar-refractivity contribution in [2.45, 2.75) is 45.3 Å². The third-order valence-electron chi connectivity index (χ3n) is 5.27. The van der Waals surface area contributed by atoms with E-state index in [2.05, 4.69) is 17.6 Å². The number of rotatable bonds is 4. The lowest BCUT2D eigenvalue weighted by atomic mass is 9.95. The van der Waals surface area contributed by atoms with Crippen molar-refractivity contribution in [3.63, 3.8) is 0 Å². The lowest BCUT2D eigenvalue weighted by Gasteiger charge is -2.29. The van der Waals surface area contributed by atoms with E-state index >= 15 is 0 Å². The summed E-state index contributed by atoms with van der Waals surface area (Å²) >= 11 is 0. The van der Waals surface area contributed by atoms with Gasteiger partial charge in [-0.1, -0.05) is 19.1 Å². The molecule has 26 heavy (non-hydrogen) atoms. The number of amides is 2. The van der Waals surface area contributed by atoms with Gasteiger partial charge >= 0.3 is 12.0 Å². The Kier molecular flexibility index (Phi) is 5.20. The van der Waals surface area contributed by atoms with Crippen molar-refractivity contribution < 1.29 is 14.3 Å². The first kappa shape index (κ1) is 18.3. The topological polar surface area (TPSA) is 70.7 Å². The molecule has 2 amide bonds. The molecular weight excluding hydrogens is 330 g/mol. The van der Waals surface area contributed by atoms with Crippen molar-refractivity contribution in [3.8, 4) is 0 Å². The maximum Gasteiger partial charge on any atom is 0.338 e. The van der Waals surface area contributed by atoms with E-state index in [4.69, 9.17) is 4.74 Å². The lowest BCUT2D eigenvalue weighted by Crippen LogP contribution is -2.45. The summed E-state index contributed by atoms with van der Waals surface area (Å²) in [5, 5.41) is 5.55. The highest BCUT2D eigenvalue weighted by molar-refractivity contribution is 5.95. The Balaban J connectivity index is 1.87. The number of hydrogen-bond acceptors (Lipinski definition) is 4. The van der Waals surface area contributed by atoms with E-state index in [-0.39, 0.29) is 18.1 Å². The van der Waals surface area contributed by atoms with Gasteiger partial charge in [0.2, 0.25) is 0 Å². The Hall–Kier alpha value is -2.50. The minimum Gasteiger partial charge on any atom is -0.459 e. The summed E-state index contributed by atoms with van der Waals surface area (Å²) in [6.45, 7) is 3.86. The van der Waals surface area contributed by atoms with Crippen LogP contribution < -0.4 is 15.5 Å². The second-order valence-electron chi connectivity index (χ2n) is 7.41. The Morgan fingerprint density at radius 1 is 1.19 bits per heavy atom. The molecule has 1 aliphatic heterocycles. The molecule has 1 heterocycles. The lowest BCUT2D eigenvalue weighted by molar-refractivity contribution is -0.146. The Labute approximate surface area is 154 Å². The van der Waals surface area contributed by atoms with Gasteiger partial charge in [0.25, 0.3) is 0 Å². The monoisotopic (exact) mass is 357 g/mol. The smallest absolute Gasteiger partial charge is 0.338 e. The number of nitrogens with zero attached hydrogens (tertiary/aromatic N) is 1. The van der Waals surface area contributed by atoms with Crippen LogP contribution in [0.15, 0.2) is 35.5 Å². The first-order chi connectivity index (χ1) is 12.4. The molecule has 1 aromatic rings. The molecule has 0 radical (unpaired) electrons. The zero-order valence-electron chi connectivity index (χ0n) is 15.8. The fourth-order valence-electron chi connectivity index (χ4n) is 3.67. The SMILES string of the molecule is CC1=C(C(=O)O[C@@H]2CCC[C@H]2C)[C@H](c2ccc(N(C)C)cc2)NC(=O)N1. The fourth-order valence-corrected chi connectivity index (χ4v) is 3.67. The van der Waals surface area contributed by atoms with Gasteiger partial charge < -0.3 is 20.3 Å². The molecule has 1 aliphatic carbocycles. The second kappa shape index (κ2) is 7.40. The molecule has 140 valence electrons. The summed E-state index contributed by atoms with van der Waals surface area (Å²) < 4.78 is 5.79. The van der Waals surface area contributed by atoms with Gasteiger partial charge in [0.15, 0.2) is 0 Å². The number of benzene rings is 1. The van der Waals surface area contributed by atoms with Gasteiger partial charge in [-0.15, -0.1) is 0 Å². The third kappa shape index (κ3) is 3.69. The average Bonchev–Trinajstić information content (AvgIpc) is 2.99. The Bertz CT molecular complexity index is 724. The van der Waals surface area contributed by atoms with Crippen LogP contribution in [0.5, 0.6) is 0 Å². The van der Waals surface area contributed by atoms with Crippen LogP contribution in [-0.2, 0) is 9.53 Å². The molecule has 3 rings (SSSR count). The van der Waals surface area contributed by atoms with Crippen molar-refractivity contribution in [2.24, 2.45) is 5.92 Å². The molecule has 0 saturated heterocycles. The van der Waals surface area contributed by atoms with Crippen molar-refractivity contribution in [1.29, 1.82) is 0 Å². The quantitative estimate of drug-likeness (QED) is 0.813. The number of ether oxygens (including phenoxy) is 1. The predicted molar refractivity (Wildman–Crippen MR) is 101 cm³/mol. The molecule has 2 N–H and O–H groups in total. The normalized spacial score (nSPS) is 25.5. The van der Waals surface area contributed by atoms with Gasteiger partial charge in [-0.05, 0) is 49.8 Å². The van der Waals surface area contributed by atoms with Crippen LogP contribution in [0.1, 0.15) is 44.7 Å². The van der Waals surface area contributed by atoms with Crippen LogP contribution in [0.2, 0.25) is 0 Å². The molecular formula is C20H27N3O3. The number of hydrogen-bond donors (Lipinski definition) is 2. The van der Waals surface area contributed by atoms with E-state index in [1.807, 2.05) is 43.3 Å². The van der Waals surface area contributed by atoms with E-state index in [0.29, 0.717) is 17.2 Å². The number of allylic oxidation sites excluding steroid dienone is 1. The number of carbonyl (C=O) groups is 2. The third-order valence-corrected chi connectivity index (χ3v) is 5.27. The number of nitrogens with one attached hydrogen (secondary N) is 2. The highest BCUT2D eigenvalue weighted by Crippen LogP contribution is 2.32. The molecule has 0 aromatic heterocycles. The van der Waals surface area contributed by atoms with Gasteiger partial charge in [0.1, 0.15) is 6.10 Å². The van der Waals surface area contributed by atoms with Gasteiger partial charge in [0, 0.05) is 25.5 Å². The molecule has 6 nitrogen and oxygen atoms in total. The summed E-state index contributed by atoms with van der Waals surface area (Å²) in [6, 6.07) is 7.00. The number of urea groups is 1. The van der Waals surface area contributed by atoms with Crippen LogP contribution in [-0.4, -0.2) is 32.2 Å². The minimum atomic E-state index is -0.510. The van der Waals surface area contributed by atoms with Crippen LogP contribution >= 0.6 is 0 Å². The maximum atomic E-state index is 12.9. The van der Waals surface area contributed by atoms with E-state index in [1.54, 1.807) is 6.92 Å². The Morgan fingerprint density at radius 2 is 1.88 bits per heavy atom. The van der Waals surface area contributed by atoms with Crippen LogP contribution in [0.4, 0.5) is 10.5 Å². The van der Waals surface area contributed by atoms with Crippen molar-refractivity contribution in [2.75, 3.05) is 19.0 Å². The van der Waals surface area contributed by atoms with Crippen molar-refractivity contribution in [1.82, 2.24) is 10.6 Å². The van der Waals surface area contributed by atoms with Crippen LogP contribution in [0, 0.1) is 5.92 Å². The summed E-state index contributed by atoms with van der Waals surface area (Å²) in [4.78, 5) is 26.9. The highest BCUT2D eigenvalue weighted by Gasteiger charge is 2.35. The summed E-state index contributed by atoms with van der Waals surface area (Å²) in [5.74, 6) is 0.0271. The molecule has 3 atom stereocenters. The van der Waals surface area contributed by atoms with Gasteiger partial charge in [-0.2, -0.15) is 0 Å². The standard InChI is InChI=1S/C20H27N3O3/c1-12-6-5-7-16(12)26-19(24)17-13(2)21-20(25)22-18(17)14-8-10-15(11-9-14)23(3)4/h8-12,16,18H,5-7H2,1-4H3,(H2,21,22,25)/t12-,16-,18+/m1/s1. The highest BCUT2D eigenvalue weighted by atomic mass is 16.5. The average molecular weight is 357 g/mol. The van der Waals surface area contributed by atoms with Crippen molar-refractivity contribution in [3.05, 3.63) is 41.1 Å². The molecule has 0 unspecified atom stereocenters. The molecule has 1 fully saturated rings. The molecule has 0 bridgehead atoms. The molecule has 6 heteroatoms. The fraction of sp³-hybridized carbons (Fsp3) is 0.500. The first-order valence-corrected chi connectivity index (χ1v) is 9.13. The molecule has 0 spiro atoms. The summed E-state index contributed by atoms with van der Waals surface area (Å²) in [7, 11) is 3.94. The molecule has 2 aliphatic rings. The van der Waals surface area contributed by atoms with Crippen LogP contribution in [0.25, 0.3) is 0 Å². The van der Waals surface area contributed by atoms with Gasteiger partial charge in [0.05, 0.1) is 11.6 Å². The number of carbonyl (C=O) groups excluding carboxylic acids is 2. The van der Waals surface area contributed by atoms with Crippen molar-refractivity contribution >= 4 is 17.7 Å². The molecule has 1 aromatic carbocycles. The summed E-state index contributed by atoms with van der Waals surface area (Å²) in [5.41, 5.74) is 2.93. The van der Waals surface area contributed by atoms with E-state index in [9.17, 15) is 9.59 Å². The zero-order valence-corrected chi connectivity index (χ0v) is 15.8. The zero-order chi connectivity index (χ0) is 18.8. The first-order valence-electron chi connectivity index (χ1n) is 9.13. The van der Waals surface area contributed by atoms with Crippen LogP contribution in [0.3, 0.4) is 0 Å². The largest absolute Gasteiger partial charge is 0.459 e. The minimum absolute atomic E-state index is 0.0443. The predicted octanol–water partition coefficient (Wildman–Crippen LogP) is 3.11. The maximum absolute atomic E-state index is 12.9. The van der Waals surface area contributed by atoms with E-state index in [0.717, 1.165) is 30.5 Å². The van der Waals surface area contributed by atoms with E-state index < -0.39 is 6.04 Å². The number of esters is 1.